The van der Waals surface area contributed by atoms with E-state index in [0.29, 0.717) is 11.4 Å². The Hall–Kier alpha value is 0.290. The van der Waals surface area contributed by atoms with Crippen LogP contribution < -0.4 is 35.3 Å². The molecule has 1 aromatic carbocycles. The van der Waals surface area contributed by atoms with Gasteiger partial charge in [0.15, 0.2) is 11.1 Å². The van der Waals surface area contributed by atoms with Gasteiger partial charge in [0.05, 0.1) is 4.90 Å². The fourth-order valence-electron chi connectivity index (χ4n) is 0.781. The van der Waals surface area contributed by atoms with E-state index < -0.39 is 11.1 Å². The van der Waals surface area contributed by atoms with E-state index in [1.807, 2.05) is 6.07 Å². The fraction of sp³-hybridized carbons (Fsp3) is 0.143. The molecular weight excluding hydrogens is 185 g/mol. The quantitative estimate of drug-likeness (QED) is 0.417. The molecule has 0 spiro atoms. The van der Waals surface area contributed by atoms with Crippen LogP contribution in [0.3, 0.4) is 0 Å². The summed E-state index contributed by atoms with van der Waals surface area (Å²) in [5.41, 5.74) is 6.20. The zero-order chi connectivity index (χ0) is 8.27. The van der Waals surface area contributed by atoms with Gasteiger partial charge in [-0.3, -0.25) is 0 Å². The molecule has 1 atom stereocenters. The van der Waals surface area contributed by atoms with Crippen LogP contribution in [0, 0.1) is 0 Å². The molecule has 0 fully saturated rings. The molecule has 0 aliphatic heterocycles. The van der Waals surface area contributed by atoms with Crippen LogP contribution in [0.15, 0.2) is 29.2 Å². The maximum atomic E-state index is 10.5. The molecule has 0 aliphatic carbocycles. The summed E-state index contributed by atoms with van der Waals surface area (Å²) >= 11 is -1.90. The van der Waals surface area contributed by atoms with Crippen LogP contribution in [0.4, 0.5) is 0 Å². The number of rotatable bonds is 2. The number of hydrogen-bond donors (Lipinski definition) is 2. The molecule has 0 heterocycles. The van der Waals surface area contributed by atoms with Crippen molar-refractivity contribution in [3.05, 3.63) is 29.8 Å². The second-order valence-electron chi connectivity index (χ2n) is 2.10. The SMILES string of the molecule is NCc1cccc(S(=O)O)c1.[H-].[Na+]. The van der Waals surface area contributed by atoms with E-state index in [2.05, 4.69) is 0 Å². The van der Waals surface area contributed by atoms with Crippen molar-refractivity contribution in [2.24, 2.45) is 5.73 Å². The second-order valence-corrected chi connectivity index (χ2v) is 3.07. The first kappa shape index (κ1) is 12.3. The molecule has 0 amide bonds. The van der Waals surface area contributed by atoms with Gasteiger partial charge in [-0.05, 0) is 17.7 Å². The minimum absolute atomic E-state index is 0. The zero-order valence-corrected chi connectivity index (χ0v) is 9.67. The Morgan fingerprint density at radius 2 is 2.25 bits per heavy atom. The van der Waals surface area contributed by atoms with Gasteiger partial charge in [0.1, 0.15) is 0 Å². The summed E-state index contributed by atoms with van der Waals surface area (Å²) in [6.45, 7) is 0.394. The normalized spacial score (nSPS) is 11.8. The Morgan fingerprint density at radius 3 is 2.75 bits per heavy atom. The van der Waals surface area contributed by atoms with E-state index in [1.54, 1.807) is 18.2 Å². The Kier molecular flexibility index (Phi) is 6.00. The van der Waals surface area contributed by atoms with E-state index >= 15 is 0 Å². The predicted molar refractivity (Wildman–Crippen MR) is 44.5 cm³/mol. The molecule has 1 aromatic rings. The van der Waals surface area contributed by atoms with Crippen LogP contribution in [0.2, 0.25) is 0 Å². The van der Waals surface area contributed by atoms with Crippen LogP contribution in [0.25, 0.3) is 0 Å². The third-order valence-electron chi connectivity index (χ3n) is 1.34. The zero-order valence-electron chi connectivity index (χ0n) is 7.86. The first-order valence-electron chi connectivity index (χ1n) is 3.14. The van der Waals surface area contributed by atoms with E-state index in [4.69, 9.17) is 10.3 Å². The fourth-order valence-corrected chi connectivity index (χ4v) is 1.23. The van der Waals surface area contributed by atoms with Crippen molar-refractivity contribution in [3.8, 4) is 0 Å². The molecule has 0 radical (unpaired) electrons. The molecule has 0 aliphatic rings. The van der Waals surface area contributed by atoms with Gasteiger partial charge in [-0.15, -0.1) is 0 Å². The Balaban J connectivity index is 0. The molecular formula is C7H10NNaO2S. The summed E-state index contributed by atoms with van der Waals surface area (Å²) in [6.07, 6.45) is 0. The summed E-state index contributed by atoms with van der Waals surface area (Å²) in [6, 6.07) is 6.74. The van der Waals surface area contributed by atoms with Gasteiger partial charge in [0.25, 0.3) is 0 Å². The average molecular weight is 195 g/mol. The van der Waals surface area contributed by atoms with Crippen molar-refractivity contribution in [2.45, 2.75) is 11.4 Å². The van der Waals surface area contributed by atoms with Crippen LogP contribution in [-0.4, -0.2) is 8.76 Å². The van der Waals surface area contributed by atoms with E-state index in [1.165, 1.54) is 0 Å². The van der Waals surface area contributed by atoms with Gasteiger partial charge >= 0.3 is 29.6 Å². The van der Waals surface area contributed by atoms with Crippen molar-refractivity contribution < 1.29 is 39.7 Å². The number of hydrogen-bond acceptors (Lipinski definition) is 2. The first-order valence-corrected chi connectivity index (χ1v) is 4.24. The Labute approximate surface area is 97.4 Å². The molecule has 1 rings (SSSR count). The van der Waals surface area contributed by atoms with Crippen molar-refractivity contribution in [3.63, 3.8) is 0 Å². The van der Waals surface area contributed by atoms with Gasteiger partial charge in [0.2, 0.25) is 0 Å². The number of benzene rings is 1. The molecule has 0 saturated carbocycles. The number of nitrogens with two attached hydrogens (primary N) is 1. The molecule has 0 aromatic heterocycles. The van der Waals surface area contributed by atoms with Crippen molar-refractivity contribution in [2.75, 3.05) is 0 Å². The summed E-state index contributed by atoms with van der Waals surface area (Å²) < 4.78 is 19.2. The average Bonchev–Trinajstić information content (AvgIpc) is 2.05. The van der Waals surface area contributed by atoms with Gasteiger partial charge in [-0.1, -0.05) is 12.1 Å². The van der Waals surface area contributed by atoms with Gasteiger partial charge < -0.3 is 11.7 Å². The second kappa shape index (κ2) is 5.85. The monoisotopic (exact) mass is 195 g/mol. The standard InChI is InChI=1S/C7H9NO2S.Na.H/c8-5-6-2-1-3-7(4-6)11(9)10;;/h1-4H,5,8H2,(H,9,10);;/q;+1;-1. The van der Waals surface area contributed by atoms with Crippen molar-refractivity contribution in [1.29, 1.82) is 0 Å². The molecule has 12 heavy (non-hydrogen) atoms. The van der Waals surface area contributed by atoms with E-state index in [0.717, 1.165) is 5.56 Å². The van der Waals surface area contributed by atoms with E-state index in [-0.39, 0.29) is 31.0 Å². The van der Waals surface area contributed by atoms with Gasteiger partial charge in [-0.25, -0.2) is 4.21 Å². The first-order chi connectivity index (χ1) is 5.24. The van der Waals surface area contributed by atoms with Crippen molar-refractivity contribution in [1.82, 2.24) is 0 Å². The third kappa shape index (κ3) is 3.35. The van der Waals surface area contributed by atoms with Crippen LogP contribution in [-0.2, 0) is 17.6 Å². The molecule has 62 valence electrons. The molecule has 3 N–H and O–H groups in total. The van der Waals surface area contributed by atoms with Crippen molar-refractivity contribution >= 4 is 11.1 Å². The summed E-state index contributed by atoms with van der Waals surface area (Å²) in [5.74, 6) is 0. The largest absolute Gasteiger partial charge is 1.00 e. The maximum Gasteiger partial charge on any atom is 1.00 e. The molecule has 0 bridgehead atoms. The summed E-state index contributed by atoms with van der Waals surface area (Å²) in [4.78, 5) is 0.396. The smallest absolute Gasteiger partial charge is 1.00 e. The van der Waals surface area contributed by atoms with Crippen LogP contribution in [0.1, 0.15) is 6.99 Å². The Morgan fingerprint density at radius 1 is 1.58 bits per heavy atom. The van der Waals surface area contributed by atoms with Crippen LogP contribution in [0.5, 0.6) is 0 Å². The third-order valence-corrected chi connectivity index (χ3v) is 1.99. The summed E-state index contributed by atoms with van der Waals surface area (Å²) in [5, 5.41) is 0. The van der Waals surface area contributed by atoms with Gasteiger partial charge in [-0.2, -0.15) is 0 Å². The molecule has 5 heteroatoms. The molecule has 0 saturated heterocycles. The topological polar surface area (TPSA) is 63.3 Å². The van der Waals surface area contributed by atoms with Gasteiger partial charge in [0, 0.05) is 6.54 Å². The van der Waals surface area contributed by atoms with Crippen LogP contribution >= 0.6 is 0 Å². The molecule has 1 unspecified atom stereocenters. The minimum Gasteiger partial charge on any atom is -1.00 e. The minimum atomic E-state index is -1.90. The summed E-state index contributed by atoms with van der Waals surface area (Å²) in [7, 11) is 0. The molecule has 3 nitrogen and oxygen atoms in total. The Bertz CT molecular complexity index is 285. The van der Waals surface area contributed by atoms with E-state index in [9.17, 15) is 4.21 Å². The predicted octanol–water partition coefficient (Wildman–Crippen LogP) is -2.16. The maximum absolute atomic E-state index is 10.5.